The predicted molar refractivity (Wildman–Crippen MR) is 129 cm³/mol. The topological polar surface area (TPSA) is 108 Å². The Morgan fingerprint density at radius 1 is 1.09 bits per heavy atom. The van der Waals surface area contributed by atoms with E-state index in [1.54, 1.807) is 11.5 Å². The molecule has 0 fully saturated rings. The first-order chi connectivity index (χ1) is 16.3. The third kappa shape index (κ3) is 3.75. The highest BCUT2D eigenvalue weighted by molar-refractivity contribution is 6.07. The predicted octanol–water partition coefficient (Wildman–Crippen LogP) is 3.65. The minimum Gasteiger partial charge on any atom is -0.337 e. The van der Waals surface area contributed by atoms with Crippen molar-refractivity contribution in [2.45, 2.75) is 40.8 Å². The van der Waals surface area contributed by atoms with Crippen molar-refractivity contribution in [3.05, 3.63) is 81.5 Å². The van der Waals surface area contributed by atoms with Crippen molar-refractivity contribution in [2.24, 2.45) is 0 Å². The molecular weight excluding hydrogens is 432 g/mol. The Morgan fingerprint density at radius 3 is 2.56 bits per heavy atom. The third-order valence-electron chi connectivity index (χ3n) is 5.90. The van der Waals surface area contributed by atoms with E-state index in [9.17, 15) is 9.59 Å². The number of nitrogens with one attached hydrogen (secondary N) is 1. The largest absolute Gasteiger partial charge is 0.337 e. The average molecular weight is 457 g/mol. The van der Waals surface area contributed by atoms with Gasteiger partial charge >= 0.3 is 0 Å². The van der Waals surface area contributed by atoms with Gasteiger partial charge in [0.25, 0.3) is 5.56 Å². The average Bonchev–Trinajstić information content (AvgIpc) is 3.34. The van der Waals surface area contributed by atoms with Crippen molar-refractivity contribution in [2.75, 3.05) is 5.32 Å². The van der Waals surface area contributed by atoms with E-state index in [0.717, 1.165) is 33.3 Å². The number of amides is 1. The van der Waals surface area contributed by atoms with Crippen LogP contribution in [0.4, 0.5) is 5.69 Å². The van der Waals surface area contributed by atoms with Crippen molar-refractivity contribution in [1.29, 1.82) is 0 Å². The Bertz CT molecular complexity index is 1610. The number of fused-ring (bicyclic) bond motifs is 3. The Hall–Kier alpha value is -4.27. The summed E-state index contributed by atoms with van der Waals surface area (Å²) in [7, 11) is 0. The van der Waals surface area contributed by atoms with Crippen molar-refractivity contribution >= 4 is 33.5 Å². The first-order valence-electron chi connectivity index (χ1n) is 10.9. The van der Waals surface area contributed by atoms with Crippen LogP contribution in [0.2, 0.25) is 0 Å². The number of hydrogen-bond donors (Lipinski definition) is 1. The highest BCUT2D eigenvalue weighted by Gasteiger charge is 2.20. The van der Waals surface area contributed by atoms with E-state index in [4.69, 9.17) is 4.52 Å². The smallest absolute Gasteiger partial charge is 0.278 e. The molecule has 5 rings (SSSR count). The molecule has 3 heterocycles. The molecule has 5 aromatic rings. The van der Waals surface area contributed by atoms with Gasteiger partial charge in [-0.05, 0) is 51.0 Å². The number of aryl methyl sites for hydroxylation is 4. The fourth-order valence-electron chi connectivity index (χ4n) is 4.28. The van der Waals surface area contributed by atoms with Gasteiger partial charge in [-0.1, -0.05) is 35.0 Å². The maximum Gasteiger partial charge on any atom is 0.278 e. The molecule has 34 heavy (non-hydrogen) atoms. The molecule has 3 aromatic heterocycles. The number of anilines is 1. The van der Waals surface area contributed by atoms with Gasteiger partial charge in [0.1, 0.15) is 24.1 Å². The summed E-state index contributed by atoms with van der Waals surface area (Å²) in [4.78, 5) is 35.4. The summed E-state index contributed by atoms with van der Waals surface area (Å²) < 4.78 is 8.33. The van der Waals surface area contributed by atoms with E-state index in [0.29, 0.717) is 22.7 Å². The first kappa shape index (κ1) is 21.6. The van der Waals surface area contributed by atoms with Crippen LogP contribution in [0, 0.1) is 27.7 Å². The lowest BCUT2D eigenvalue weighted by Gasteiger charge is -2.13. The molecule has 2 aromatic carbocycles. The number of carbonyl (C=O) groups excluding carboxylic acids is 1. The molecule has 0 aliphatic carbocycles. The quantitative estimate of drug-likeness (QED) is 0.432. The van der Waals surface area contributed by atoms with E-state index < -0.39 is 0 Å². The fraction of sp³-hybridized carbons (Fsp3) is 0.240. The minimum absolute atomic E-state index is 0.0303. The van der Waals surface area contributed by atoms with Gasteiger partial charge in [0, 0.05) is 11.1 Å². The number of carbonyl (C=O) groups is 1. The van der Waals surface area contributed by atoms with E-state index in [1.807, 2.05) is 57.2 Å². The maximum absolute atomic E-state index is 13.5. The summed E-state index contributed by atoms with van der Waals surface area (Å²) in [6.45, 7) is 7.66. The molecule has 0 saturated carbocycles. The summed E-state index contributed by atoms with van der Waals surface area (Å²) in [6.07, 6.45) is 1.48. The molecule has 0 bridgehead atoms. The normalized spacial score (nSPS) is 11.4. The van der Waals surface area contributed by atoms with Crippen LogP contribution in [0.25, 0.3) is 21.9 Å². The molecule has 0 unspecified atom stereocenters. The summed E-state index contributed by atoms with van der Waals surface area (Å²) >= 11 is 0. The van der Waals surface area contributed by atoms with Crippen molar-refractivity contribution in [1.82, 2.24) is 24.3 Å². The van der Waals surface area contributed by atoms with E-state index in [1.165, 1.54) is 10.9 Å². The van der Waals surface area contributed by atoms with Gasteiger partial charge in [-0.2, -0.15) is 4.98 Å². The zero-order valence-corrected chi connectivity index (χ0v) is 19.4. The summed E-state index contributed by atoms with van der Waals surface area (Å²) in [5.74, 6) is 0.580. The van der Waals surface area contributed by atoms with Crippen molar-refractivity contribution < 1.29 is 9.32 Å². The number of rotatable bonds is 5. The fourth-order valence-corrected chi connectivity index (χ4v) is 4.28. The van der Waals surface area contributed by atoms with Crippen molar-refractivity contribution in [3.63, 3.8) is 0 Å². The van der Waals surface area contributed by atoms with E-state index >= 15 is 0 Å². The second-order valence-electron chi connectivity index (χ2n) is 8.53. The van der Waals surface area contributed by atoms with Crippen molar-refractivity contribution in [3.8, 4) is 0 Å². The molecule has 1 N–H and O–H groups in total. The van der Waals surface area contributed by atoms with Crippen LogP contribution in [-0.2, 0) is 17.9 Å². The van der Waals surface area contributed by atoms with Crippen LogP contribution < -0.4 is 10.9 Å². The van der Waals surface area contributed by atoms with Gasteiger partial charge in [0.2, 0.25) is 11.8 Å². The molecule has 9 heteroatoms. The molecule has 172 valence electrons. The summed E-state index contributed by atoms with van der Waals surface area (Å²) in [5, 5.41) is 7.62. The molecular formula is C25H24N6O3. The molecule has 0 aliphatic heterocycles. The van der Waals surface area contributed by atoms with Crippen LogP contribution >= 0.6 is 0 Å². The van der Waals surface area contributed by atoms with E-state index in [2.05, 4.69) is 20.4 Å². The Balaban J connectivity index is 1.62. The van der Waals surface area contributed by atoms with Crippen LogP contribution in [0.1, 0.15) is 28.4 Å². The number of hydrogen-bond acceptors (Lipinski definition) is 6. The SMILES string of the molecule is Cc1ccc2c(c1)c1ncn(Cc3nc(C)no3)c(=O)c1n2CC(=O)Nc1c(C)cccc1C. The van der Waals surface area contributed by atoms with Gasteiger partial charge in [0.15, 0.2) is 5.82 Å². The standard InChI is InChI=1S/C25H24N6O3/c1-14-8-9-19-18(10-14)23-24(25(33)30(13-26-23)12-21-27-17(4)29-34-21)31(19)11-20(32)28-22-15(2)6-5-7-16(22)3/h5-10,13H,11-12H2,1-4H3,(H,28,32). The monoisotopic (exact) mass is 456 g/mol. The van der Waals surface area contributed by atoms with Gasteiger partial charge in [-0.25, -0.2) is 4.98 Å². The lowest BCUT2D eigenvalue weighted by Crippen LogP contribution is -2.26. The van der Waals surface area contributed by atoms with Gasteiger partial charge < -0.3 is 14.4 Å². The maximum atomic E-state index is 13.5. The zero-order chi connectivity index (χ0) is 24.0. The number of para-hydroxylation sites is 1. The molecule has 0 aliphatic rings. The minimum atomic E-state index is -0.283. The molecule has 9 nitrogen and oxygen atoms in total. The van der Waals surface area contributed by atoms with Gasteiger partial charge in [-0.15, -0.1) is 0 Å². The Kier molecular flexibility index (Phi) is 5.24. The second kappa shape index (κ2) is 8.26. The zero-order valence-electron chi connectivity index (χ0n) is 19.4. The Morgan fingerprint density at radius 2 is 1.85 bits per heavy atom. The van der Waals surface area contributed by atoms with Gasteiger partial charge in [-0.3, -0.25) is 14.2 Å². The molecule has 0 spiro atoms. The molecule has 0 atom stereocenters. The Labute approximate surface area is 195 Å². The van der Waals surface area contributed by atoms with Crippen LogP contribution in [0.3, 0.4) is 0 Å². The van der Waals surface area contributed by atoms with Gasteiger partial charge in [0.05, 0.1) is 11.8 Å². The van der Waals surface area contributed by atoms with Crippen LogP contribution in [0.5, 0.6) is 0 Å². The summed E-state index contributed by atoms with van der Waals surface area (Å²) in [5.41, 5.74) is 5.18. The lowest BCUT2D eigenvalue weighted by atomic mass is 10.1. The number of aromatic nitrogens is 5. The number of benzene rings is 2. The molecule has 0 saturated heterocycles. The third-order valence-corrected chi connectivity index (χ3v) is 5.90. The highest BCUT2D eigenvalue weighted by Crippen LogP contribution is 2.27. The summed E-state index contributed by atoms with van der Waals surface area (Å²) in [6, 6.07) is 11.7. The first-order valence-corrected chi connectivity index (χ1v) is 10.9. The highest BCUT2D eigenvalue weighted by atomic mass is 16.5. The lowest BCUT2D eigenvalue weighted by molar-refractivity contribution is -0.116. The van der Waals surface area contributed by atoms with Crippen LogP contribution in [-0.4, -0.2) is 30.2 Å². The second-order valence-corrected chi connectivity index (χ2v) is 8.53. The number of nitrogens with zero attached hydrogens (tertiary/aromatic N) is 5. The van der Waals surface area contributed by atoms with Crippen LogP contribution in [0.15, 0.2) is 52.0 Å². The van der Waals surface area contributed by atoms with E-state index in [-0.39, 0.29) is 24.6 Å². The molecule has 1 amide bonds. The molecule has 0 radical (unpaired) electrons.